The van der Waals surface area contributed by atoms with Crippen molar-refractivity contribution in [2.24, 2.45) is 0 Å². The Balaban J connectivity index is 2.62. The van der Waals surface area contributed by atoms with Gasteiger partial charge in [-0.05, 0) is 42.5 Å². The largest absolute Gasteiger partial charge is 0.399 e. The van der Waals surface area contributed by atoms with Crippen LogP contribution in [0.1, 0.15) is 25.3 Å². The number of nitrogen functional groups attached to an aromatic ring is 1. The molecule has 1 aromatic rings. The summed E-state index contributed by atoms with van der Waals surface area (Å²) >= 11 is 0. The normalized spacial score (nSPS) is 11.2. The van der Waals surface area contributed by atoms with Gasteiger partial charge in [0, 0.05) is 5.69 Å². The summed E-state index contributed by atoms with van der Waals surface area (Å²) in [6.07, 6.45) is 6.98. The number of allylic oxidation sites excluding steroid dienone is 4. The van der Waals surface area contributed by atoms with Crippen molar-refractivity contribution in [1.82, 2.24) is 0 Å². The maximum atomic E-state index is 5.75. The summed E-state index contributed by atoms with van der Waals surface area (Å²) in [5.41, 5.74) is 10.2. The number of nitrogens with two attached hydrogens (primary N) is 1. The van der Waals surface area contributed by atoms with Crippen LogP contribution in [-0.2, 0) is 6.42 Å². The molecule has 0 radical (unpaired) electrons. The van der Waals surface area contributed by atoms with Crippen molar-refractivity contribution < 1.29 is 0 Å². The number of hydrogen-bond acceptors (Lipinski definition) is 1. The second-order valence-corrected chi connectivity index (χ2v) is 4.18. The van der Waals surface area contributed by atoms with E-state index in [4.69, 9.17) is 5.73 Å². The van der Waals surface area contributed by atoms with E-state index in [1.54, 1.807) is 0 Å². The summed E-state index contributed by atoms with van der Waals surface area (Å²) in [5, 5.41) is 0. The number of aryl methyl sites for hydroxylation is 1. The molecule has 90 valence electrons. The summed E-state index contributed by atoms with van der Waals surface area (Å²) in [7, 11) is 0. The molecule has 0 saturated heterocycles. The van der Waals surface area contributed by atoms with Gasteiger partial charge < -0.3 is 5.73 Å². The molecule has 1 heteroatoms. The molecule has 0 spiro atoms. The monoisotopic (exact) mass is 227 g/mol. The molecule has 0 aliphatic carbocycles. The Morgan fingerprint density at radius 2 is 2.18 bits per heavy atom. The number of anilines is 1. The van der Waals surface area contributed by atoms with Gasteiger partial charge in [0.25, 0.3) is 0 Å². The van der Waals surface area contributed by atoms with E-state index in [0.717, 1.165) is 30.5 Å². The minimum absolute atomic E-state index is 0.824. The van der Waals surface area contributed by atoms with Crippen LogP contribution in [0.2, 0.25) is 0 Å². The van der Waals surface area contributed by atoms with Crippen molar-refractivity contribution in [2.75, 3.05) is 5.73 Å². The first kappa shape index (κ1) is 13.3. The van der Waals surface area contributed by atoms with Crippen molar-refractivity contribution in [2.45, 2.75) is 26.2 Å². The highest BCUT2D eigenvalue weighted by molar-refractivity contribution is 5.41. The van der Waals surface area contributed by atoms with E-state index in [1.807, 2.05) is 24.3 Å². The van der Waals surface area contributed by atoms with Crippen molar-refractivity contribution >= 4 is 5.69 Å². The lowest BCUT2D eigenvalue weighted by atomic mass is 10.0. The Kier molecular flexibility index (Phi) is 5.28. The van der Waals surface area contributed by atoms with Crippen LogP contribution in [0.3, 0.4) is 0 Å². The molecule has 0 amide bonds. The number of hydrogen-bond donors (Lipinski definition) is 1. The molecule has 2 N–H and O–H groups in total. The third kappa shape index (κ3) is 4.73. The third-order valence-corrected chi connectivity index (χ3v) is 2.76. The molecule has 0 aliphatic heterocycles. The molecule has 0 heterocycles. The van der Waals surface area contributed by atoms with E-state index in [9.17, 15) is 0 Å². The smallest absolute Gasteiger partial charge is 0.0316 e. The molecule has 0 bridgehead atoms. The summed E-state index contributed by atoms with van der Waals surface area (Å²) < 4.78 is 0. The number of rotatable bonds is 6. The van der Waals surface area contributed by atoms with Gasteiger partial charge in [0.05, 0.1) is 0 Å². The number of benzene rings is 1. The first-order valence-corrected chi connectivity index (χ1v) is 6.01. The van der Waals surface area contributed by atoms with Crippen LogP contribution in [0.25, 0.3) is 0 Å². The SMILES string of the molecule is C=CC(=CC(=C)CC)CCc1cccc(N)c1. The quantitative estimate of drug-likeness (QED) is 0.569. The summed E-state index contributed by atoms with van der Waals surface area (Å²) in [6, 6.07) is 8.03. The Bertz CT molecular complexity index is 427. The van der Waals surface area contributed by atoms with E-state index in [2.05, 4.69) is 32.2 Å². The molecule has 1 aromatic carbocycles. The van der Waals surface area contributed by atoms with Crippen LogP contribution in [0.15, 0.2) is 60.7 Å². The molecule has 0 atom stereocenters. The Hall–Kier alpha value is -1.76. The zero-order valence-corrected chi connectivity index (χ0v) is 10.6. The molecule has 0 fully saturated rings. The standard InChI is InChI=1S/C16H21N/c1-4-13(3)11-14(5-2)9-10-15-7-6-8-16(17)12-15/h5-8,11-12H,2-4,9-10,17H2,1H3. The van der Waals surface area contributed by atoms with Crippen LogP contribution in [0, 0.1) is 0 Å². The average Bonchev–Trinajstić information content (AvgIpc) is 2.34. The Morgan fingerprint density at radius 1 is 1.41 bits per heavy atom. The van der Waals surface area contributed by atoms with Gasteiger partial charge in [-0.25, -0.2) is 0 Å². The lowest BCUT2D eigenvalue weighted by Crippen LogP contribution is -1.91. The predicted molar refractivity (Wildman–Crippen MR) is 76.9 cm³/mol. The zero-order valence-electron chi connectivity index (χ0n) is 10.6. The molecule has 0 saturated carbocycles. The first-order valence-electron chi connectivity index (χ1n) is 6.01. The van der Waals surface area contributed by atoms with E-state index in [-0.39, 0.29) is 0 Å². The Morgan fingerprint density at radius 3 is 2.76 bits per heavy atom. The van der Waals surface area contributed by atoms with E-state index < -0.39 is 0 Å². The zero-order chi connectivity index (χ0) is 12.7. The fourth-order valence-electron chi connectivity index (χ4n) is 1.63. The highest BCUT2D eigenvalue weighted by Gasteiger charge is 1.97. The molecule has 17 heavy (non-hydrogen) atoms. The van der Waals surface area contributed by atoms with Crippen molar-refractivity contribution in [1.29, 1.82) is 0 Å². The third-order valence-electron chi connectivity index (χ3n) is 2.76. The summed E-state index contributed by atoms with van der Waals surface area (Å²) in [6.45, 7) is 9.94. The lowest BCUT2D eigenvalue weighted by Gasteiger charge is -2.05. The van der Waals surface area contributed by atoms with E-state index >= 15 is 0 Å². The average molecular weight is 227 g/mol. The van der Waals surface area contributed by atoms with Crippen molar-refractivity contribution in [3.8, 4) is 0 Å². The van der Waals surface area contributed by atoms with Crippen LogP contribution in [-0.4, -0.2) is 0 Å². The molecule has 0 unspecified atom stereocenters. The van der Waals surface area contributed by atoms with Crippen LogP contribution in [0.5, 0.6) is 0 Å². The second-order valence-electron chi connectivity index (χ2n) is 4.18. The highest BCUT2D eigenvalue weighted by atomic mass is 14.5. The predicted octanol–water partition coefficient (Wildman–Crippen LogP) is 4.28. The highest BCUT2D eigenvalue weighted by Crippen LogP contribution is 2.15. The topological polar surface area (TPSA) is 26.0 Å². The van der Waals surface area contributed by atoms with Gasteiger partial charge in [-0.15, -0.1) is 0 Å². The summed E-state index contributed by atoms with van der Waals surface area (Å²) in [5.74, 6) is 0. The van der Waals surface area contributed by atoms with E-state index in [0.29, 0.717) is 0 Å². The molecular formula is C16H21N. The van der Waals surface area contributed by atoms with Gasteiger partial charge >= 0.3 is 0 Å². The minimum atomic E-state index is 0.824. The maximum Gasteiger partial charge on any atom is 0.0316 e. The van der Waals surface area contributed by atoms with E-state index in [1.165, 1.54) is 11.1 Å². The van der Waals surface area contributed by atoms with Crippen molar-refractivity contribution in [3.63, 3.8) is 0 Å². The van der Waals surface area contributed by atoms with Crippen LogP contribution >= 0.6 is 0 Å². The van der Waals surface area contributed by atoms with Gasteiger partial charge in [-0.1, -0.05) is 49.9 Å². The molecule has 0 aliphatic rings. The lowest BCUT2D eigenvalue weighted by molar-refractivity contribution is 0.961. The van der Waals surface area contributed by atoms with Gasteiger partial charge in [0.1, 0.15) is 0 Å². The summed E-state index contributed by atoms with van der Waals surface area (Å²) in [4.78, 5) is 0. The molecule has 1 rings (SSSR count). The Labute approximate surface area is 104 Å². The molecule has 0 aromatic heterocycles. The molecule has 1 nitrogen and oxygen atoms in total. The first-order chi connectivity index (χ1) is 8.15. The van der Waals surface area contributed by atoms with Crippen molar-refractivity contribution in [3.05, 3.63) is 66.3 Å². The maximum absolute atomic E-state index is 5.75. The second kappa shape index (κ2) is 6.74. The fourth-order valence-corrected chi connectivity index (χ4v) is 1.63. The van der Waals surface area contributed by atoms with Gasteiger partial charge in [-0.2, -0.15) is 0 Å². The van der Waals surface area contributed by atoms with Gasteiger partial charge in [0.2, 0.25) is 0 Å². The minimum Gasteiger partial charge on any atom is -0.399 e. The van der Waals surface area contributed by atoms with Gasteiger partial charge in [-0.3, -0.25) is 0 Å². The van der Waals surface area contributed by atoms with Crippen LogP contribution < -0.4 is 5.73 Å². The van der Waals surface area contributed by atoms with Crippen LogP contribution in [0.4, 0.5) is 5.69 Å². The fraction of sp³-hybridized carbons (Fsp3) is 0.250. The molecular weight excluding hydrogens is 206 g/mol. The van der Waals surface area contributed by atoms with Gasteiger partial charge in [0.15, 0.2) is 0 Å².